The molecule has 1 rings (SSSR count). The van der Waals surface area contributed by atoms with Gasteiger partial charge in [0.25, 0.3) is 0 Å². The van der Waals surface area contributed by atoms with Crippen molar-refractivity contribution >= 4 is 6.21 Å². The van der Waals surface area contributed by atoms with Crippen molar-refractivity contribution in [3.8, 4) is 0 Å². The van der Waals surface area contributed by atoms with Gasteiger partial charge in [-0.05, 0) is 19.1 Å². The summed E-state index contributed by atoms with van der Waals surface area (Å²) in [6.45, 7) is 1.97. The van der Waals surface area contributed by atoms with E-state index in [9.17, 15) is 0 Å². The normalized spacial score (nSPS) is 22.1. The molecule has 36 valence electrons. The Morgan fingerprint density at radius 3 is 2.86 bits per heavy atom. The first-order valence-electron chi connectivity index (χ1n) is 2.30. The molecule has 0 aromatic carbocycles. The minimum atomic E-state index is 1.06. The average molecular weight is 93.1 g/mol. The lowest BCUT2D eigenvalue weighted by Gasteiger charge is -1.77. The maximum Gasteiger partial charge on any atom is 0.0587 e. The van der Waals surface area contributed by atoms with Gasteiger partial charge in [-0.3, -0.25) is 4.99 Å². The van der Waals surface area contributed by atoms with Gasteiger partial charge in [0.15, 0.2) is 0 Å². The zero-order valence-corrected chi connectivity index (χ0v) is 4.26. The van der Waals surface area contributed by atoms with Gasteiger partial charge < -0.3 is 0 Å². The molecule has 1 nitrogen and oxygen atoms in total. The highest BCUT2D eigenvalue weighted by Crippen LogP contribution is 2.01. The van der Waals surface area contributed by atoms with E-state index in [-0.39, 0.29) is 0 Å². The van der Waals surface area contributed by atoms with Gasteiger partial charge in [-0.2, -0.15) is 0 Å². The third kappa shape index (κ3) is 0.769. The number of rotatable bonds is 0. The molecular formula is C6H7N. The second kappa shape index (κ2) is 1.73. The van der Waals surface area contributed by atoms with Crippen molar-refractivity contribution in [1.82, 2.24) is 0 Å². The van der Waals surface area contributed by atoms with Gasteiger partial charge in [-0.1, -0.05) is 6.08 Å². The van der Waals surface area contributed by atoms with Crippen molar-refractivity contribution in [1.29, 1.82) is 0 Å². The van der Waals surface area contributed by atoms with Gasteiger partial charge >= 0.3 is 0 Å². The first-order valence-corrected chi connectivity index (χ1v) is 2.30. The molecule has 0 unspecified atom stereocenters. The molecule has 0 aromatic heterocycles. The van der Waals surface area contributed by atoms with Crippen LogP contribution in [0.15, 0.2) is 28.9 Å². The van der Waals surface area contributed by atoms with Gasteiger partial charge in [0.2, 0.25) is 0 Å². The summed E-state index contributed by atoms with van der Waals surface area (Å²) >= 11 is 0. The topological polar surface area (TPSA) is 12.4 Å². The van der Waals surface area contributed by atoms with Crippen LogP contribution >= 0.6 is 0 Å². The first kappa shape index (κ1) is 4.31. The van der Waals surface area contributed by atoms with Crippen LogP contribution in [0.3, 0.4) is 0 Å². The Balaban J connectivity index is 2.79. The fourth-order valence-electron chi connectivity index (χ4n) is 0.485. The second-order valence-electron chi connectivity index (χ2n) is 1.35. The molecule has 0 spiro atoms. The maximum absolute atomic E-state index is 3.98. The molecule has 0 aliphatic carbocycles. The van der Waals surface area contributed by atoms with E-state index in [0.717, 1.165) is 5.70 Å². The molecule has 0 amide bonds. The van der Waals surface area contributed by atoms with Gasteiger partial charge in [0.05, 0.1) is 5.70 Å². The molecule has 1 aliphatic heterocycles. The van der Waals surface area contributed by atoms with Crippen LogP contribution in [0, 0.1) is 0 Å². The van der Waals surface area contributed by atoms with Crippen LogP contribution in [0.1, 0.15) is 6.92 Å². The largest absolute Gasteiger partial charge is 0.257 e. The lowest BCUT2D eigenvalue weighted by Crippen LogP contribution is -1.58. The second-order valence-corrected chi connectivity index (χ2v) is 1.35. The zero-order chi connectivity index (χ0) is 5.11. The smallest absolute Gasteiger partial charge is 0.0587 e. The van der Waals surface area contributed by atoms with Gasteiger partial charge in [0.1, 0.15) is 0 Å². The lowest BCUT2D eigenvalue weighted by molar-refractivity contribution is 1.43. The Kier molecular flexibility index (Phi) is 1.07. The number of nitrogens with zero attached hydrogens (tertiary/aromatic N) is 1. The van der Waals surface area contributed by atoms with E-state index in [4.69, 9.17) is 0 Å². The fourth-order valence-corrected chi connectivity index (χ4v) is 0.485. The molecule has 0 saturated carbocycles. The van der Waals surface area contributed by atoms with E-state index in [2.05, 4.69) is 4.99 Å². The third-order valence-electron chi connectivity index (χ3n) is 0.872. The molecule has 1 heterocycles. The monoisotopic (exact) mass is 93.1 g/mol. The Labute approximate surface area is 43.1 Å². The lowest BCUT2D eigenvalue weighted by atomic mass is 10.4. The van der Waals surface area contributed by atoms with Crippen LogP contribution < -0.4 is 0 Å². The van der Waals surface area contributed by atoms with Crippen LogP contribution in [-0.4, -0.2) is 6.21 Å². The van der Waals surface area contributed by atoms with Gasteiger partial charge in [-0.15, -0.1) is 0 Å². The summed E-state index contributed by atoms with van der Waals surface area (Å²) in [6, 6.07) is 0. The minimum absolute atomic E-state index is 1.06. The average Bonchev–Trinajstić information content (AvgIpc) is 2.14. The van der Waals surface area contributed by atoms with Crippen molar-refractivity contribution < 1.29 is 0 Å². The zero-order valence-electron chi connectivity index (χ0n) is 4.26. The van der Waals surface area contributed by atoms with E-state index in [1.54, 1.807) is 6.21 Å². The Bertz CT molecular complexity index is 126. The summed E-state index contributed by atoms with van der Waals surface area (Å²) in [5.41, 5.74) is 1.06. The van der Waals surface area contributed by atoms with E-state index < -0.39 is 0 Å². The van der Waals surface area contributed by atoms with E-state index >= 15 is 0 Å². The fraction of sp³-hybridized carbons (Fsp3) is 0.167. The molecule has 0 aromatic rings. The third-order valence-corrected chi connectivity index (χ3v) is 0.872. The number of aliphatic imine (C=N–C) groups is 1. The van der Waals surface area contributed by atoms with Crippen LogP contribution in [0.2, 0.25) is 0 Å². The van der Waals surface area contributed by atoms with Crippen LogP contribution in [0.25, 0.3) is 0 Å². The summed E-state index contributed by atoms with van der Waals surface area (Å²) in [4.78, 5) is 3.98. The van der Waals surface area contributed by atoms with Crippen molar-refractivity contribution in [2.75, 3.05) is 0 Å². The first-order chi connectivity index (χ1) is 3.43. The molecular weight excluding hydrogens is 86.1 g/mol. The molecule has 0 fully saturated rings. The van der Waals surface area contributed by atoms with Gasteiger partial charge in [0, 0.05) is 6.21 Å². The number of hydrogen-bond donors (Lipinski definition) is 0. The van der Waals surface area contributed by atoms with Crippen molar-refractivity contribution in [2.24, 2.45) is 4.99 Å². The standard InChI is InChI=1S/C6H7N/c1-2-6-4-3-5-7-6/h2-5H,1H3. The van der Waals surface area contributed by atoms with Crippen LogP contribution in [-0.2, 0) is 0 Å². The summed E-state index contributed by atoms with van der Waals surface area (Å²) < 4.78 is 0. The Morgan fingerprint density at radius 2 is 2.57 bits per heavy atom. The van der Waals surface area contributed by atoms with Crippen LogP contribution in [0.5, 0.6) is 0 Å². The molecule has 0 N–H and O–H groups in total. The summed E-state index contributed by atoms with van der Waals surface area (Å²) in [5.74, 6) is 0. The summed E-state index contributed by atoms with van der Waals surface area (Å²) in [5, 5.41) is 0. The quantitative estimate of drug-likeness (QED) is 0.430. The van der Waals surface area contributed by atoms with E-state index in [1.807, 2.05) is 25.2 Å². The van der Waals surface area contributed by atoms with Gasteiger partial charge in [-0.25, -0.2) is 0 Å². The van der Waals surface area contributed by atoms with Crippen molar-refractivity contribution in [3.63, 3.8) is 0 Å². The predicted molar refractivity (Wildman–Crippen MR) is 31.4 cm³/mol. The predicted octanol–water partition coefficient (Wildman–Crippen LogP) is 1.53. The molecule has 7 heavy (non-hydrogen) atoms. The molecule has 1 aliphatic rings. The van der Waals surface area contributed by atoms with Crippen LogP contribution in [0.4, 0.5) is 0 Å². The minimum Gasteiger partial charge on any atom is -0.257 e. The van der Waals surface area contributed by atoms with E-state index in [1.165, 1.54) is 0 Å². The highest BCUT2D eigenvalue weighted by molar-refractivity contribution is 5.76. The molecule has 1 heteroatoms. The highest BCUT2D eigenvalue weighted by atomic mass is 14.7. The Hall–Kier alpha value is -0.850. The number of hydrogen-bond acceptors (Lipinski definition) is 1. The Morgan fingerprint density at radius 1 is 1.71 bits per heavy atom. The van der Waals surface area contributed by atoms with Crippen molar-refractivity contribution in [2.45, 2.75) is 6.92 Å². The molecule has 0 radical (unpaired) electrons. The molecule has 0 atom stereocenters. The summed E-state index contributed by atoms with van der Waals surface area (Å²) in [7, 11) is 0. The number of allylic oxidation sites excluding steroid dienone is 3. The molecule has 0 saturated heterocycles. The summed E-state index contributed by atoms with van der Waals surface area (Å²) in [6.07, 6.45) is 7.66. The molecule has 0 bridgehead atoms. The maximum atomic E-state index is 3.98. The van der Waals surface area contributed by atoms with Crippen molar-refractivity contribution in [3.05, 3.63) is 23.9 Å². The highest BCUT2D eigenvalue weighted by Gasteiger charge is 1.85. The van der Waals surface area contributed by atoms with E-state index in [0.29, 0.717) is 0 Å². The SMILES string of the molecule is CC=C1C=CC=N1.